The van der Waals surface area contributed by atoms with Gasteiger partial charge in [0.05, 0.1) is 19.1 Å². The van der Waals surface area contributed by atoms with Crippen molar-refractivity contribution < 1.29 is 4.74 Å². The lowest BCUT2D eigenvalue weighted by molar-refractivity contribution is 0.271. The molecule has 0 saturated heterocycles. The molecule has 3 heteroatoms. The molecule has 0 radical (unpaired) electrons. The summed E-state index contributed by atoms with van der Waals surface area (Å²) in [5.41, 5.74) is 7.20. The van der Waals surface area contributed by atoms with Gasteiger partial charge in [-0.1, -0.05) is 13.8 Å². The van der Waals surface area contributed by atoms with Crippen LogP contribution < -0.4 is 10.5 Å². The number of nitrogens with zero attached hydrogens (tertiary/aromatic N) is 1. The van der Waals surface area contributed by atoms with Crippen LogP contribution in [0.5, 0.6) is 5.75 Å². The summed E-state index contributed by atoms with van der Waals surface area (Å²) in [7, 11) is 0. The molecule has 80 valence electrons. The van der Waals surface area contributed by atoms with E-state index >= 15 is 0 Å². The molecule has 1 aromatic carbocycles. The van der Waals surface area contributed by atoms with Crippen LogP contribution in [0.15, 0.2) is 18.2 Å². The minimum Gasteiger partial charge on any atom is -0.493 e. The van der Waals surface area contributed by atoms with E-state index in [9.17, 15) is 0 Å². The number of ether oxygens (including phenoxy) is 1. The van der Waals surface area contributed by atoms with Gasteiger partial charge in [0.1, 0.15) is 5.75 Å². The fourth-order valence-corrected chi connectivity index (χ4v) is 1.17. The van der Waals surface area contributed by atoms with E-state index in [1.165, 1.54) is 0 Å². The lowest BCUT2D eigenvalue weighted by atomic mass is 10.1. The molecule has 0 unspecified atom stereocenters. The molecule has 0 aliphatic heterocycles. The van der Waals surface area contributed by atoms with E-state index < -0.39 is 0 Å². The van der Waals surface area contributed by atoms with Crippen LogP contribution in [0.4, 0.5) is 5.69 Å². The number of hydrogen-bond donors (Lipinski definition) is 1. The normalized spacial score (nSPS) is 10.0. The van der Waals surface area contributed by atoms with Crippen LogP contribution in [0.25, 0.3) is 0 Å². The van der Waals surface area contributed by atoms with Gasteiger partial charge in [0.15, 0.2) is 0 Å². The van der Waals surface area contributed by atoms with Gasteiger partial charge in [-0.15, -0.1) is 0 Å². The average Bonchev–Trinajstić information content (AvgIpc) is 2.19. The standard InChI is InChI=1S/C12H16N2O/c1-9(2)8-15-11-3-4-12(14)10(7-11)5-6-13/h3-4,7,9H,5,8,14H2,1-2H3. The van der Waals surface area contributed by atoms with Gasteiger partial charge in [-0.25, -0.2) is 0 Å². The van der Waals surface area contributed by atoms with Crippen molar-refractivity contribution in [2.45, 2.75) is 20.3 Å². The number of rotatable bonds is 4. The van der Waals surface area contributed by atoms with Gasteiger partial charge in [-0.3, -0.25) is 0 Å². The Labute approximate surface area is 90.5 Å². The molecule has 0 fully saturated rings. The van der Waals surface area contributed by atoms with Gasteiger partial charge in [-0.2, -0.15) is 5.26 Å². The zero-order valence-electron chi connectivity index (χ0n) is 9.16. The predicted octanol–water partition coefficient (Wildman–Crippen LogP) is 2.37. The first kappa shape index (κ1) is 11.4. The first-order valence-corrected chi connectivity index (χ1v) is 5.01. The van der Waals surface area contributed by atoms with Gasteiger partial charge in [-0.05, 0) is 29.7 Å². The molecule has 15 heavy (non-hydrogen) atoms. The smallest absolute Gasteiger partial charge is 0.119 e. The highest BCUT2D eigenvalue weighted by atomic mass is 16.5. The van der Waals surface area contributed by atoms with Crippen molar-refractivity contribution in [3.8, 4) is 11.8 Å². The lowest BCUT2D eigenvalue weighted by Gasteiger charge is -2.10. The van der Waals surface area contributed by atoms with E-state index in [-0.39, 0.29) is 0 Å². The number of nitrogens with two attached hydrogens (primary N) is 1. The van der Waals surface area contributed by atoms with Crippen molar-refractivity contribution in [1.82, 2.24) is 0 Å². The molecule has 0 heterocycles. The molecule has 2 N–H and O–H groups in total. The quantitative estimate of drug-likeness (QED) is 0.766. The Balaban J connectivity index is 2.74. The van der Waals surface area contributed by atoms with E-state index in [1.807, 2.05) is 12.1 Å². The fraction of sp³-hybridized carbons (Fsp3) is 0.417. The summed E-state index contributed by atoms with van der Waals surface area (Å²) in [4.78, 5) is 0. The Hall–Kier alpha value is -1.69. The summed E-state index contributed by atoms with van der Waals surface area (Å²) >= 11 is 0. The van der Waals surface area contributed by atoms with Gasteiger partial charge < -0.3 is 10.5 Å². The maximum absolute atomic E-state index is 8.61. The van der Waals surface area contributed by atoms with Crippen LogP contribution in [0.3, 0.4) is 0 Å². The molecule has 0 aromatic heterocycles. The van der Waals surface area contributed by atoms with Gasteiger partial charge in [0, 0.05) is 5.69 Å². The van der Waals surface area contributed by atoms with E-state index in [4.69, 9.17) is 15.7 Å². The van der Waals surface area contributed by atoms with Crippen molar-refractivity contribution in [3.05, 3.63) is 23.8 Å². The number of benzene rings is 1. The second-order valence-corrected chi connectivity index (χ2v) is 3.90. The van der Waals surface area contributed by atoms with Crippen molar-refractivity contribution in [1.29, 1.82) is 5.26 Å². The highest BCUT2D eigenvalue weighted by molar-refractivity contribution is 5.51. The molecular weight excluding hydrogens is 188 g/mol. The molecule has 1 aromatic rings. The molecule has 1 rings (SSSR count). The Morgan fingerprint density at radius 3 is 2.80 bits per heavy atom. The largest absolute Gasteiger partial charge is 0.493 e. The van der Waals surface area contributed by atoms with Crippen molar-refractivity contribution in [2.75, 3.05) is 12.3 Å². The molecule has 3 nitrogen and oxygen atoms in total. The third-order valence-electron chi connectivity index (χ3n) is 1.97. The number of nitrogen functional groups attached to an aromatic ring is 1. The maximum Gasteiger partial charge on any atom is 0.119 e. The maximum atomic E-state index is 8.61. The zero-order valence-corrected chi connectivity index (χ0v) is 9.16. The molecule has 0 aliphatic carbocycles. The second-order valence-electron chi connectivity index (χ2n) is 3.90. The van der Waals surface area contributed by atoms with Crippen LogP contribution in [0.2, 0.25) is 0 Å². The van der Waals surface area contributed by atoms with Crippen LogP contribution >= 0.6 is 0 Å². The van der Waals surface area contributed by atoms with Gasteiger partial charge in [0.25, 0.3) is 0 Å². The molecule has 0 bridgehead atoms. The Bertz CT molecular complexity index is 366. The molecule has 0 spiro atoms. The second kappa shape index (κ2) is 5.26. The van der Waals surface area contributed by atoms with E-state index in [0.29, 0.717) is 24.6 Å². The minimum absolute atomic E-state index is 0.324. The fourth-order valence-electron chi connectivity index (χ4n) is 1.17. The van der Waals surface area contributed by atoms with Crippen LogP contribution in [0, 0.1) is 17.2 Å². The molecule has 0 amide bonds. The molecule has 0 aliphatic rings. The van der Waals surface area contributed by atoms with Crippen molar-refractivity contribution in [3.63, 3.8) is 0 Å². The summed E-state index contributed by atoms with van der Waals surface area (Å²) in [6.45, 7) is 4.86. The Kier molecular flexibility index (Phi) is 3.99. The van der Waals surface area contributed by atoms with E-state index in [1.54, 1.807) is 6.07 Å². The van der Waals surface area contributed by atoms with Crippen molar-refractivity contribution >= 4 is 5.69 Å². The predicted molar refractivity (Wildman–Crippen MR) is 60.5 cm³/mol. The summed E-state index contributed by atoms with van der Waals surface area (Å²) in [6.07, 6.45) is 0.324. The zero-order chi connectivity index (χ0) is 11.3. The Morgan fingerprint density at radius 1 is 1.47 bits per heavy atom. The topological polar surface area (TPSA) is 59.0 Å². The highest BCUT2D eigenvalue weighted by Crippen LogP contribution is 2.20. The number of anilines is 1. The summed E-state index contributed by atoms with van der Waals surface area (Å²) < 4.78 is 5.54. The molecule has 0 atom stereocenters. The monoisotopic (exact) mass is 204 g/mol. The third-order valence-corrected chi connectivity index (χ3v) is 1.97. The summed E-state index contributed by atoms with van der Waals surface area (Å²) in [5.74, 6) is 1.27. The SMILES string of the molecule is CC(C)COc1ccc(N)c(CC#N)c1. The molecule has 0 saturated carbocycles. The first-order chi connectivity index (χ1) is 7.13. The van der Waals surface area contributed by atoms with Crippen LogP contribution in [-0.2, 0) is 6.42 Å². The van der Waals surface area contributed by atoms with Gasteiger partial charge in [0.2, 0.25) is 0 Å². The van der Waals surface area contributed by atoms with Crippen molar-refractivity contribution in [2.24, 2.45) is 5.92 Å². The van der Waals surface area contributed by atoms with Crippen LogP contribution in [-0.4, -0.2) is 6.61 Å². The van der Waals surface area contributed by atoms with E-state index in [2.05, 4.69) is 19.9 Å². The highest BCUT2D eigenvalue weighted by Gasteiger charge is 2.02. The third kappa shape index (κ3) is 3.51. The number of hydrogen-bond acceptors (Lipinski definition) is 3. The first-order valence-electron chi connectivity index (χ1n) is 5.01. The Morgan fingerprint density at radius 2 is 2.20 bits per heavy atom. The lowest BCUT2D eigenvalue weighted by Crippen LogP contribution is -2.05. The number of nitriles is 1. The van der Waals surface area contributed by atoms with Gasteiger partial charge >= 0.3 is 0 Å². The minimum atomic E-state index is 0.324. The summed E-state index contributed by atoms with van der Waals surface area (Å²) in [5, 5.41) is 8.61. The summed E-state index contributed by atoms with van der Waals surface area (Å²) in [6, 6.07) is 7.53. The average molecular weight is 204 g/mol. The van der Waals surface area contributed by atoms with Crippen LogP contribution in [0.1, 0.15) is 19.4 Å². The molecular formula is C12H16N2O. The van der Waals surface area contributed by atoms with E-state index in [0.717, 1.165) is 11.3 Å².